The molecule has 3 aromatic rings. The van der Waals surface area contributed by atoms with Crippen molar-refractivity contribution in [3.63, 3.8) is 0 Å². The number of rotatable bonds is 7. The third-order valence-electron chi connectivity index (χ3n) is 4.72. The predicted octanol–water partition coefficient (Wildman–Crippen LogP) is 5.36. The largest absolute Gasteiger partial charge is 0.347 e. The van der Waals surface area contributed by atoms with Crippen LogP contribution in [-0.4, -0.2) is 32.3 Å². The molecule has 0 radical (unpaired) electrons. The average molecular weight is 534 g/mol. The quantitative estimate of drug-likeness (QED) is 0.427. The van der Waals surface area contributed by atoms with E-state index in [1.165, 1.54) is 36.4 Å². The van der Waals surface area contributed by atoms with Gasteiger partial charge in [0.25, 0.3) is 15.9 Å². The molecule has 184 valence electrons. The maximum absolute atomic E-state index is 13.5. The molecule has 0 aromatic heterocycles. The number of para-hydroxylation sites is 1. The Balaban J connectivity index is 1.93. The van der Waals surface area contributed by atoms with E-state index in [1.54, 1.807) is 36.4 Å². The molecule has 0 saturated heterocycles. The smallest absolute Gasteiger partial charge is 0.264 e. The van der Waals surface area contributed by atoms with Gasteiger partial charge in [0.1, 0.15) is 6.54 Å². The summed E-state index contributed by atoms with van der Waals surface area (Å²) in [5.41, 5.74) is 0.241. The minimum Gasteiger partial charge on any atom is -0.347 e. The number of carbonyl (C=O) groups is 2. The second kappa shape index (κ2) is 10.7. The van der Waals surface area contributed by atoms with Crippen LogP contribution in [-0.2, 0) is 14.8 Å². The third kappa shape index (κ3) is 6.97. The van der Waals surface area contributed by atoms with Crippen molar-refractivity contribution in [1.29, 1.82) is 0 Å². The lowest BCUT2D eigenvalue weighted by atomic mass is 10.1. The Morgan fingerprint density at radius 1 is 0.886 bits per heavy atom. The molecule has 0 atom stereocenters. The maximum Gasteiger partial charge on any atom is 0.264 e. The Morgan fingerprint density at radius 3 is 2.17 bits per heavy atom. The number of nitrogens with one attached hydrogen (secondary N) is 2. The molecule has 7 nitrogen and oxygen atoms in total. The standard InChI is InChI=1S/C25H25Cl2N3O4S/c1-25(2,3)29-24(32)21-9-4-5-10-22(21)28-23(31)16-30(19-8-6-7-18(27)15-19)35(33,34)20-13-11-17(26)12-14-20/h4-15H,16H2,1-3H3,(H,28,31)(H,29,32). The summed E-state index contributed by atoms with van der Waals surface area (Å²) in [5.74, 6) is -1.01. The Bertz CT molecular complexity index is 1340. The van der Waals surface area contributed by atoms with Crippen LogP contribution in [0.5, 0.6) is 0 Å². The first kappa shape index (κ1) is 26.5. The van der Waals surface area contributed by atoms with E-state index in [0.29, 0.717) is 10.0 Å². The van der Waals surface area contributed by atoms with Gasteiger partial charge in [0.2, 0.25) is 5.91 Å². The molecule has 2 amide bonds. The Labute approximate surface area is 215 Å². The number of anilines is 2. The van der Waals surface area contributed by atoms with Crippen LogP contribution in [0.2, 0.25) is 10.0 Å². The summed E-state index contributed by atoms with van der Waals surface area (Å²) in [6, 6.07) is 18.3. The van der Waals surface area contributed by atoms with Crippen molar-refractivity contribution >= 4 is 56.4 Å². The van der Waals surface area contributed by atoms with Crippen LogP contribution in [0.25, 0.3) is 0 Å². The molecule has 0 saturated carbocycles. The van der Waals surface area contributed by atoms with Crippen molar-refractivity contribution in [3.05, 3.63) is 88.4 Å². The van der Waals surface area contributed by atoms with Gasteiger partial charge in [-0.25, -0.2) is 8.42 Å². The molecule has 0 bridgehead atoms. The van der Waals surface area contributed by atoms with Crippen molar-refractivity contribution in [3.8, 4) is 0 Å². The second-order valence-corrected chi connectivity index (χ2v) is 11.5. The van der Waals surface area contributed by atoms with E-state index in [1.807, 2.05) is 20.8 Å². The van der Waals surface area contributed by atoms with Crippen molar-refractivity contribution < 1.29 is 18.0 Å². The third-order valence-corrected chi connectivity index (χ3v) is 6.99. The summed E-state index contributed by atoms with van der Waals surface area (Å²) >= 11 is 12.0. The second-order valence-electron chi connectivity index (χ2n) is 8.74. The number of hydrogen-bond donors (Lipinski definition) is 2. The molecule has 35 heavy (non-hydrogen) atoms. The lowest BCUT2D eigenvalue weighted by Crippen LogP contribution is -2.41. The highest BCUT2D eigenvalue weighted by Gasteiger charge is 2.28. The summed E-state index contributed by atoms with van der Waals surface area (Å²) in [7, 11) is -4.15. The molecule has 0 unspecified atom stereocenters. The highest BCUT2D eigenvalue weighted by atomic mass is 35.5. The SMILES string of the molecule is CC(C)(C)NC(=O)c1ccccc1NC(=O)CN(c1cccc(Cl)c1)S(=O)(=O)c1ccc(Cl)cc1. The van der Waals surface area contributed by atoms with E-state index in [0.717, 1.165) is 4.31 Å². The van der Waals surface area contributed by atoms with Crippen LogP contribution in [0.4, 0.5) is 11.4 Å². The number of carbonyl (C=O) groups excluding carboxylic acids is 2. The minimum absolute atomic E-state index is 0.0420. The average Bonchev–Trinajstić information content (AvgIpc) is 2.77. The van der Waals surface area contributed by atoms with E-state index < -0.39 is 28.0 Å². The van der Waals surface area contributed by atoms with E-state index in [4.69, 9.17) is 23.2 Å². The zero-order chi connectivity index (χ0) is 25.8. The van der Waals surface area contributed by atoms with Gasteiger partial charge in [-0.1, -0.05) is 41.4 Å². The molecule has 2 N–H and O–H groups in total. The molecular weight excluding hydrogens is 509 g/mol. The lowest BCUT2D eigenvalue weighted by molar-refractivity contribution is -0.114. The van der Waals surface area contributed by atoms with Gasteiger partial charge in [0, 0.05) is 15.6 Å². The number of benzene rings is 3. The first-order valence-corrected chi connectivity index (χ1v) is 12.8. The van der Waals surface area contributed by atoms with Crippen LogP contribution in [0.15, 0.2) is 77.7 Å². The Morgan fingerprint density at radius 2 is 1.54 bits per heavy atom. The predicted molar refractivity (Wildman–Crippen MR) is 140 cm³/mol. The first-order valence-electron chi connectivity index (χ1n) is 10.6. The number of amides is 2. The molecule has 3 rings (SSSR count). The van der Waals surface area contributed by atoms with Crippen molar-refractivity contribution in [1.82, 2.24) is 5.32 Å². The van der Waals surface area contributed by atoms with Crippen LogP contribution >= 0.6 is 23.2 Å². The summed E-state index contributed by atoms with van der Waals surface area (Å²) in [5, 5.41) is 6.20. The molecule has 3 aromatic carbocycles. The zero-order valence-corrected chi connectivity index (χ0v) is 21.7. The van der Waals surface area contributed by atoms with Crippen LogP contribution in [0, 0.1) is 0 Å². The maximum atomic E-state index is 13.5. The van der Waals surface area contributed by atoms with Gasteiger partial charge in [0.15, 0.2) is 0 Å². The fourth-order valence-electron chi connectivity index (χ4n) is 3.20. The van der Waals surface area contributed by atoms with E-state index in [2.05, 4.69) is 10.6 Å². The molecular formula is C25H25Cl2N3O4S. The summed E-state index contributed by atoms with van der Waals surface area (Å²) in [4.78, 5) is 25.7. The topological polar surface area (TPSA) is 95.6 Å². The Kier molecular flexibility index (Phi) is 8.10. The van der Waals surface area contributed by atoms with Crippen molar-refractivity contribution in [2.45, 2.75) is 31.2 Å². The van der Waals surface area contributed by atoms with E-state index >= 15 is 0 Å². The van der Waals surface area contributed by atoms with Gasteiger partial charge in [-0.05, 0) is 75.4 Å². The van der Waals surface area contributed by atoms with Gasteiger partial charge >= 0.3 is 0 Å². The summed E-state index contributed by atoms with van der Waals surface area (Å²) in [6.45, 7) is 4.98. The van der Waals surface area contributed by atoms with Gasteiger partial charge < -0.3 is 10.6 Å². The molecule has 0 aliphatic carbocycles. The van der Waals surface area contributed by atoms with Gasteiger partial charge in [0.05, 0.1) is 21.8 Å². The number of sulfonamides is 1. The summed E-state index contributed by atoms with van der Waals surface area (Å²) in [6.07, 6.45) is 0. The summed E-state index contributed by atoms with van der Waals surface area (Å²) < 4.78 is 27.9. The van der Waals surface area contributed by atoms with Gasteiger partial charge in [-0.3, -0.25) is 13.9 Å². The van der Waals surface area contributed by atoms with Gasteiger partial charge in [-0.15, -0.1) is 0 Å². The molecule has 0 aliphatic heterocycles. The fraction of sp³-hybridized carbons (Fsp3) is 0.200. The van der Waals surface area contributed by atoms with Crippen molar-refractivity contribution in [2.24, 2.45) is 0 Å². The minimum atomic E-state index is -4.15. The van der Waals surface area contributed by atoms with Crippen LogP contribution in [0.3, 0.4) is 0 Å². The fourth-order valence-corrected chi connectivity index (χ4v) is 4.92. The lowest BCUT2D eigenvalue weighted by Gasteiger charge is -2.25. The molecule has 0 spiro atoms. The molecule has 10 heteroatoms. The molecule has 0 heterocycles. The normalized spacial score (nSPS) is 11.6. The van der Waals surface area contributed by atoms with Crippen molar-refractivity contribution in [2.75, 3.05) is 16.2 Å². The molecule has 0 aliphatic rings. The first-order chi connectivity index (χ1) is 16.4. The van der Waals surface area contributed by atoms with E-state index in [-0.39, 0.29) is 27.7 Å². The molecule has 0 fully saturated rings. The van der Waals surface area contributed by atoms with Crippen LogP contribution < -0.4 is 14.9 Å². The zero-order valence-electron chi connectivity index (χ0n) is 19.4. The number of halogens is 2. The number of nitrogens with zero attached hydrogens (tertiary/aromatic N) is 1. The van der Waals surface area contributed by atoms with Crippen LogP contribution in [0.1, 0.15) is 31.1 Å². The highest BCUT2D eigenvalue weighted by molar-refractivity contribution is 7.92. The number of hydrogen-bond acceptors (Lipinski definition) is 4. The Hall–Kier alpha value is -3.07. The van der Waals surface area contributed by atoms with Gasteiger partial charge in [-0.2, -0.15) is 0 Å². The van der Waals surface area contributed by atoms with E-state index in [9.17, 15) is 18.0 Å². The monoisotopic (exact) mass is 533 g/mol. The highest BCUT2D eigenvalue weighted by Crippen LogP contribution is 2.27.